The molecule has 0 N–H and O–H groups in total. The van der Waals surface area contributed by atoms with Gasteiger partial charge in [-0.2, -0.15) is 0 Å². The molecule has 6 aromatic carbocycles. The third-order valence-corrected chi connectivity index (χ3v) is 23.5. The fraction of sp³-hybridized carbons (Fsp3) is 0.241. The first-order valence-electron chi connectivity index (χ1n) is 22.3. The van der Waals surface area contributed by atoms with E-state index in [0.29, 0.717) is 0 Å². The minimum atomic E-state index is -2.19. The van der Waals surface area contributed by atoms with Crippen LogP contribution in [0.3, 0.4) is 0 Å². The first kappa shape index (κ1) is 43.0. The van der Waals surface area contributed by atoms with Crippen LogP contribution in [0, 0.1) is 41.5 Å². The van der Waals surface area contributed by atoms with E-state index in [1.807, 2.05) is 0 Å². The second-order valence-corrected chi connectivity index (χ2v) is 31.0. The van der Waals surface area contributed by atoms with Crippen LogP contribution in [0.2, 0.25) is 39.3 Å². The fourth-order valence-electron chi connectivity index (χ4n) is 10.9. The number of anilines is 5. The van der Waals surface area contributed by atoms with E-state index in [0.717, 1.165) is 23.4 Å². The lowest BCUT2D eigenvalue weighted by molar-refractivity contribution is 0.937. The molecule has 0 saturated carbocycles. The smallest absolute Gasteiger partial charge is 0.0579 e. The molecule has 0 bridgehead atoms. The summed E-state index contributed by atoms with van der Waals surface area (Å²) in [6.07, 6.45) is 12.5. The number of benzene rings is 6. The van der Waals surface area contributed by atoms with Gasteiger partial charge in [0.05, 0.1) is 27.5 Å². The van der Waals surface area contributed by atoms with Crippen LogP contribution in [0.15, 0.2) is 169 Å². The van der Waals surface area contributed by atoms with Crippen LogP contribution in [0.25, 0.3) is 16.3 Å². The summed E-state index contributed by atoms with van der Waals surface area (Å²) in [6.45, 7) is 34.0. The third kappa shape index (κ3) is 7.31. The van der Waals surface area contributed by atoms with Gasteiger partial charge < -0.3 is 9.80 Å². The molecule has 6 aromatic rings. The van der Waals surface area contributed by atoms with E-state index in [1.165, 1.54) is 89.2 Å². The molecule has 0 aliphatic heterocycles. The van der Waals surface area contributed by atoms with Gasteiger partial charge in [0.25, 0.3) is 0 Å². The van der Waals surface area contributed by atoms with Crippen LogP contribution in [0.1, 0.15) is 50.9 Å². The van der Waals surface area contributed by atoms with Gasteiger partial charge in [-0.3, -0.25) is 0 Å². The summed E-state index contributed by atoms with van der Waals surface area (Å²) in [4.78, 5) is 5.05. The Hall–Kier alpha value is -5.69. The van der Waals surface area contributed by atoms with Crippen molar-refractivity contribution in [3.05, 3.63) is 214 Å². The quantitative estimate of drug-likeness (QED) is 0.141. The molecule has 62 heavy (non-hydrogen) atoms. The molecule has 0 fully saturated rings. The highest BCUT2D eigenvalue weighted by Gasteiger charge is 2.60. The zero-order valence-corrected chi connectivity index (χ0v) is 41.2. The van der Waals surface area contributed by atoms with E-state index in [4.69, 9.17) is 6.58 Å². The Bertz CT molecular complexity index is 2840. The van der Waals surface area contributed by atoms with Gasteiger partial charge in [-0.25, -0.2) is 0 Å². The van der Waals surface area contributed by atoms with Crippen LogP contribution < -0.4 is 9.80 Å². The van der Waals surface area contributed by atoms with Crippen LogP contribution in [0.5, 0.6) is 0 Å². The van der Waals surface area contributed by atoms with Crippen molar-refractivity contribution in [2.75, 3.05) is 9.80 Å². The van der Waals surface area contributed by atoms with Gasteiger partial charge in [0.15, 0.2) is 0 Å². The van der Waals surface area contributed by atoms with Gasteiger partial charge in [-0.05, 0) is 152 Å². The SMILES string of the molecule is C=C1/C=C\C=C/CC2=C(C=C1N(c1ccc(C)cc1)c1cc(C)ccc1C)C([Si](C)(C)C)([Si](C)(C)C)c1cc(N(c3ccc(C)cc3)c3cc(C)ccc3C)c3ccccc3c12. The molecule has 8 rings (SSSR count). The third-order valence-electron chi connectivity index (χ3n) is 13.5. The van der Waals surface area contributed by atoms with E-state index in [2.05, 4.69) is 236 Å². The fourth-order valence-corrected chi connectivity index (χ4v) is 24.0. The van der Waals surface area contributed by atoms with Gasteiger partial charge in [0.2, 0.25) is 0 Å². The molecule has 2 nitrogen and oxygen atoms in total. The number of hydrogen-bond donors (Lipinski definition) is 0. The highest BCUT2D eigenvalue weighted by molar-refractivity contribution is 6.99. The summed E-state index contributed by atoms with van der Waals surface area (Å²) in [5.41, 5.74) is 21.4. The van der Waals surface area contributed by atoms with Crippen molar-refractivity contribution in [3.8, 4) is 0 Å². The van der Waals surface area contributed by atoms with Gasteiger partial charge in [0.1, 0.15) is 0 Å². The number of aryl methyl sites for hydroxylation is 6. The van der Waals surface area contributed by atoms with Gasteiger partial charge in [0, 0.05) is 32.8 Å². The standard InChI is InChI=1S/C58H64N2Si2/c1-39-25-31-46(32-26-39)59(53-35-41(3)23-29-44(53)6)55-37-51-50(22-16-14-15-19-43(55)5)57-49-21-18-17-20-48(49)56(38-52(57)58(51,61(8,9)10)62(11,12)13)60(47-33-27-40(2)28-34-47)54-36-42(4)24-30-45(54)7/h14-21,23-38H,5,22H2,1-4,6-13H3/b16-14-,19-15-,55-37?. The lowest BCUT2D eigenvalue weighted by Crippen LogP contribution is -2.64. The monoisotopic (exact) mass is 844 g/mol. The van der Waals surface area contributed by atoms with Crippen LogP contribution >= 0.6 is 0 Å². The second-order valence-electron chi connectivity index (χ2n) is 20.0. The van der Waals surface area contributed by atoms with Crippen LogP contribution in [0.4, 0.5) is 28.4 Å². The zero-order chi connectivity index (χ0) is 44.3. The van der Waals surface area contributed by atoms with Crippen molar-refractivity contribution in [3.63, 3.8) is 0 Å². The summed E-state index contributed by atoms with van der Waals surface area (Å²) < 4.78 is -0.174. The average molecular weight is 845 g/mol. The van der Waals surface area contributed by atoms with Crippen molar-refractivity contribution in [1.82, 2.24) is 0 Å². The largest absolute Gasteiger partial charge is 0.310 e. The average Bonchev–Trinajstić information content (AvgIpc) is 3.52. The molecule has 314 valence electrons. The van der Waals surface area contributed by atoms with Crippen molar-refractivity contribution < 1.29 is 0 Å². The number of hydrogen-bond acceptors (Lipinski definition) is 2. The van der Waals surface area contributed by atoms with Crippen molar-refractivity contribution in [2.45, 2.75) is 91.9 Å². The highest BCUT2D eigenvalue weighted by Crippen LogP contribution is 2.61. The molecule has 0 atom stereocenters. The van der Waals surface area contributed by atoms with Crippen LogP contribution in [-0.2, 0) is 4.66 Å². The van der Waals surface area contributed by atoms with E-state index in [1.54, 1.807) is 0 Å². The number of fused-ring (bicyclic) bond motifs is 4. The van der Waals surface area contributed by atoms with E-state index in [-0.39, 0.29) is 4.66 Å². The van der Waals surface area contributed by atoms with Crippen LogP contribution in [-0.4, -0.2) is 16.1 Å². The molecular weight excluding hydrogens is 781 g/mol. The van der Waals surface area contributed by atoms with Gasteiger partial charge in [-0.1, -0.05) is 154 Å². The molecule has 0 aromatic heterocycles. The van der Waals surface area contributed by atoms with Gasteiger partial charge in [-0.15, -0.1) is 0 Å². The molecule has 2 aliphatic rings. The minimum Gasteiger partial charge on any atom is -0.310 e. The first-order chi connectivity index (χ1) is 29.4. The molecule has 0 radical (unpaired) electrons. The lowest BCUT2D eigenvalue weighted by Gasteiger charge is -2.52. The predicted molar refractivity (Wildman–Crippen MR) is 277 cm³/mol. The molecule has 0 heterocycles. The molecule has 2 aliphatic carbocycles. The summed E-state index contributed by atoms with van der Waals surface area (Å²) in [5.74, 6) is 0. The Morgan fingerprint density at radius 3 is 1.58 bits per heavy atom. The molecule has 0 amide bonds. The number of nitrogens with zero attached hydrogens (tertiary/aromatic N) is 2. The van der Waals surface area contributed by atoms with Gasteiger partial charge >= 0.3 is 0 Å². The van der Waals surface area contributed by atoms with E-state index in [9.17, 15) is 0 Å². The number of allylic oxidation sites excluding steroid dienone is 7. The summed E-state index contributed by atoms with van der Waals surface area (Å²) in [7, 11) is -4.38. The van der Waals surface area contributed by atoms with Crippen molar-refractivity contribution in [1.29, 1.82) is 0 Å². The van der Waals surface area contributed by atoms with Crippen molar-refractivity contribution in [2.24, 2.45) is 0 Å². The maximum Gasteiger partial charge on any atom is 0.0579 e. The Labute approximate surface area is 374 Å². The summed E-state index contributed by atoms with van der Waals surface area (Å²) in [6, 6.07) is 43.8. The normalized spacial score (nSPS) is 16.1. The molecule has 4 heteroatoms. The summed E-state index contributed by atoms with van der Waals surface area (Å²) >= 11 is 0. The maximum absolute atomic E-state index is 4.89. The first-order valence-corrected chi connectivity index (χ1v) is 29.3. The second kappa shape index (κ2) is 16.2. The number of rotatable bonds is 8. The Morgan fingerprint density at radius 2 is 1.03 bits per heavy atom. The molecule has 0 spiro atoms. The predicted octanol–water partition coefficient (Wildman–Crippen LogP) is 16.7. The van der Waals surface area contributed by atoms with E-state index >= 15 is 0 Å². The minimum absolute atomic E-state index is 0.174. The Balaban J connectivity index is 1.54. The molecule has 0 unspecified atom stereocenters. The summed E-state index contributed by atoms with van der Waals surface area (Å²) in [5, 5.41) is 2.60. The molecule has 0 saturated heterocycles. The molecular formula is C58H64N2Si2. The highest BCUT2D eigenvalue weighted by atomic mass is 28.4. The lowest BCUT2D eigenvalue weighted by atomic mass is 9.93. The van der Waals surface area contributed by atoms with Crippen molar-refractivity contribution >= 4 is 60.9 Å². The zero-order valence-electron chi connectivity index (χ0n) is 39.2. The maximum atomic E-state index is 4.89. The Kier molecular flexibility index (Phi) is 11.2. The van der Waals surface area contributed by atoms with E-state index < -0.39 is 16.1 Å². The Morgan fingerprint density at radius 1 is 0.532 bits per heavy atom. The topological polar surface area (TPSA) is 6.48 Å².